The third kappa shape index (κ3) is 4.27. The number of carbonyl (C=O) groups excluding carboxylic acids is 2. The van der Waals surface area contributed by atoms with E-state index in [1.807, 2.05) is 42.5 Å². The van der Waals surface area contributed by atoms with Crippen molar-refractivity contribution in [1.82, 2.24) is 10.3 Å². The predicted molar refractivity (Wildman–Crippen MR) is 112 cm³/mol. The largest absolute Gasteiger partial charge is 0.356 e. The summed E-state index contributed by atoms with van der Waals surface area (Å²) in [4.78, 5) is 32.8. The van der Waals surface area contributed by atoms with Gasteiger partial charge in [-0.2, -0.15) is 0 Å². The van der Waals surface area contributed by atoms with Crippen LogP contribution in [-0.2, 0) is 28.9 Å². The molecule has 0 saturated carbocycles. The van der Waals surface area contributed by atoms with E-state index in [0.29, 0.717) is 19.5 Å². The van der Waals surface area contributed by atoms with Gasteiger partial charge in [-0.15, -0.1) is 11.3 Å². The molecule has 1 N–H and O–H groups in total. The SMILES string of the molecule is Cc1ccc(N2CC(C(=O)NCCCc3nc4c(s3)CCCC4)CC2=O)cc1. The molecule has 1 atom stereocenters. The van der Waals surface area contributed by atoms with Crippen molar-refractivity contribution in [3.63, 3.8) is 0 Å². The van der Waals surface area contributed by atoms with Gasteiger partial charge >= 0.3 is 0 Å². The van der Waals surface area contributed by atoms with Gasteiger partial charge < -0.3 is 10.2 Å². The van der Waals surface area contributed by atoms with Crippen LogP contribution in [-0.4, -0.2) is 29.9 Å². The molecule has 2 amide bonds. The van der Waals surface area contributed by atoms with Crippen LogP contribution in [0.4, 0.5) is 5.69 Å². The zero-order valence-corrected chi connectivity index (χ0v) is 17.2. The topological polar surface area (TPSA) is 62.3 Å². The molecule has 1 aromatic heterocycles. The first-order chi connectivity index (χ1) is 13.6. The molecule has 1 aliphatic carbocycles. The molecule has 0 spiro atoms. The van der Waals surface area contributed by atoms with Crippen molar-refractivity contribution in [3.8, 4) is 0 Å². The van der Waals surface area contributed by atoms with Crippen LogP contribution in [0.3, 0.4) is 0 Å². The first-order valence-corrected chi connectivity index (χ1v) is 11.0. The number of hydrogen-bond donors (Lipinski definition) is 1. The molecule has 148 valence electrons. The van der Waals surface area contributed by atoms with E-state index in [1.165, 1.54) is 34.8 Å². The number of amides is 2. The average molecular weight is 398 g/mol. The smallest absolute Gasteiger partial charge is 0.227 e. The monoisotopic (exact) mass is 397 g/mol. The van der Waals surface area contributed by atoms with Crippen LogP contribution in [0, 0.1) is 12.8 Å². The molecule has 2 heterocycles. The molecular weight excluding hydrogens is 370 g/mol. The van der Waals surface area contributed by atoms with Crippen molar-refractivity contribution >= 4 is 28.8 Å². The summed E-state index contributed by atoms with van der Waals surface area (Å²) >= 11 is 1.84. The first-order valence-electron chi connectivity index (χ1n) is 10.2. The number of thiazole rings is 1. The lowest BCUT2D eigenvalue weighted by Gasteiger charge is -2.17. The number of aromatic nitrogens is 1. The molecule has 1 aliphatic heterocycles. The van der Waals surface area contributed by atoms with Crippen LogP contribution < -0.4 is 10.2 Å². The summed E-state index contributed by atoms with van der Waals surface area (Å²) in [6, 6.07) is 7.88. The highest BCUT2D eigenvalue weighted by atomic mass is 32.1. The van der Waals surface area contributed by atoms with Gasteiger partial charge in [-0.3, -0.25) is 9.59 Å². The Morgan fingerprint density at radius 3 is 2.82 bits per heavy atom. The van der Waals surface area contributed by atoms with E-state index in [4.69, 9.17) is 4.98 Å². The Kier molecular flexibility index (Phi) is 5.76. The van der Waals surface area contributed by atoms with E-state index in [0.717, 1.165) is 30.5 Å². The molecule has 4 rings (SSSR count). The molecule has 2 aliphatic rings. The van der Waals surface area contributed by atoms with Crippen LogP contribution >= 0.6 is 11.3 Å². The van der Waals surface area contributed by atoms with E-state index in [9.17, 15) is 9.59 Å². The van der Waals surface area contributed by atoms with Gasteiger partial charge in [0, 0.05) is 36.5 Å². The molecule has 2 aromatic rings. The number of hydrogen-bond acceptors (Lipinski definition) is 4. The third-order valence-corrected chi connectivity index (χ3v) is 6.82. The fourth-order valence-corrected chi connectivity index (χ4v) is 5.16. The van der Waals surface area contributed by atoms with Crippen LogP contribution in [0.2, 0.25) is 0 Å². The van der Waals surface area contributed by atoms with E-state index >= 15 is 0 Å². The number of aryl methyl sites for hydroxylation is 4. The molecule has 6 heteroatoms. The van der Waals surface area contributed by atoms with E-state index < -0.39 is 0 Å². The fraction of sp³-hybridized carbons (Fsp3) is 0.500. The van der Waals surface area contributed by atoms with Gasteiger partial charge in [0.25, 0.3) is 0 Å². The predicted octanol–water partition coefficient (Wildman–Crippen LogP) is 3.43. The number of benzene rings is 1. The van der Waals surface area contributed by atoms with Gasteiger partial charge in [-0.25, -0.2) is 4.98 Å². The Labute approximate surface area is 170 Å². The summed E-state index contributed by atoms with van der Waals surface area (Å²) < 4.78 is 0. The molecule has 5 nitrogen and oxygen atoms in total. The molecule has 1 saturated heterocycles. The number of nitrogens with one attached hydrogen (secondary N) is 1. The van der Waals surface area contributed by atoms with Crippen molar-refractivity contribution in [2.24, 2.45) is 5.92 Å². The molecule has 0 bridgehead atoms. The molecule has 28 heavy (non-hydrogen) atoms. The summed E-state index contributed by atoms with van der Waals surface area (Å²) in [6.07, 6.45) is 6.93. The molecule has 1 fully saturated rings. The number of nitrogens with zero attached hydrogens (tertiary/aromatic N) is 2. The Morgan fingerprint density at radius 2 is 2.04 bits per heavy atom. The van der Waals surface area contributed by atoms with Gasteiger partial charge in [-0.05, 0) is 51.2 Å². The number of rotatable bonds is 6. The maximum absolute atomic E-state index is 12.5. The summed E-state index contributed by atoms with van der Waals surface area (Å²) in [5, 5.41) is 4.21. The van der Waals surface area contributed by atoms with Gasteiger partial charge in [0.2, 0.25) is 11.8 Å². The maximum Gasteiger partial charge on any atom is 0.227 e. The lowest BCUT2D eigenvalue weighted by Crippen LogP contribution is -2.33. The highest BCUT2D eigenvalue weighted by Crippen LogP contribution is 2.27. The van der Waals surface area contributed by atoms with Crippen LogP contribution in [0.25, 0.3) is 0 Å². The molecular formula is C22H27N3O2S. The Bertz CT molecular complexity index is 836. The Balaban J connectivity index is 1.23. The Morgan fingerprint density at radius 1 is 1.25 bits per heavy atom. The summed E-state index contributed by atoms with van der Waals surface area (Å²) in [5.74, 6) is -0.250. The van der Waals surface area contributed by atoms with E-state index in [2.05, 4.69) is 5.32 Å². The summed E-state index contributed by atoms with van der Waals surface area (Å²) in [7, 11) is 0. The number of fused-ring (bicyclic) bond motifs is 1. The quantitative estimate of drug-likeness (QED) is 0.760. The van der Waals surface area contributed by atoms with Crippen molar-refractivity contribution in [2.75, 3.05) is 18.0 Å². The highest BCUT2D eigenvalue weighted by molar-refractivity contribution is 7.11. The number of carbonyl (C=O) groups is 2. The summed E-state index contributed by atoms with van der Waals surface area (Å²) in [5.41, 5.74) is 3.33. The zero-order chi connectivity index (χ0) is 19.5. The van der Waals surface area contributed by atoms with Gasteiger partial charge in [0.1, 0.15) is 0 Å². The zero-order valence-electron chi connectivity index (χ0n) is 16.4. The van der Waals surface area contributed by atoms with Gasteiger partial charge in [0.15, 0.2) is 0 Å². The third-order valence-electron chi connectivity index (χ3n) is 5.60. The first kappa shape index (κ1) is 19.1. The second kappa shape index (κ2) is 8.43. The average Bonchev–Trinajstić information content (AvgIpc) is 3.29. The van der Waals surface area contributed by atoms with Crippen molar-refractivity contribution < 1.29 is 9.59 Å². The van der Waals surface area contributed by atoms with Crippen molar-refractivity contribution in [3.05, 3.63) is 45.4 Å². The minimum Gasteiger partial charge on any atom is -0.356 e. The second-order valence-corrected chi connectivity index (χ2v) is 8.99. The highest BCUT2D eigenvalue weighted by Gasteiger charge is 2.34. The molecule has 1 aromatic carbocycles. The molecule has 0 radical (unpaired) electrons. The number of anilines is 1. The van der Waals surface area contributed by atoms with Crippen molar-refractivity contribution in [2.45, 2.75) is 51.9 Å². The van der Waals surface area contributed by atoms with Gasteiger partial charge in [0.05, 0.1) is 16.6 Å². The normalized spacial score (nSPS) is 19.0. The summed E-state index contributed by atoms with van der Waals surface area (Å²) in [6.45, 7) is 3.12. The van der Waals surface area contributed by atoms with Crippen molar-refractivity contribution in [1.29, 1.82) is 0 Å². The van der Waals surface area contributed by atoms with Crippen LogP contribution in [0.1, 0.15) is 46.8 Å². The van der Waals surface area contributed by atoms with Gasteiger partial charge in [-0.1, -0.05) is 17.7 Å². The standard InChI is InChI=1S/C22H27N3O2S/c1-15-8-10-17(11-9-15)25-14-16(13-21(25)26)22(27)23-12-4-7-20-24-18-5-2-3-6-19(18)28-20/h8-11,16H,2-7,12-14H2,1H3,(H,23,27). The minimum atomic E-state index is -0.263. The Hall–Kier alpha value is -2.21. The lowest BCUT2D eigenvalue weighted by atomic mass is 10.0. The fourth-order valence-electron chi connectivity index (χ4n) is 3.97. The second-order valence-electron chi connectivity index (χ2n) is 7.82. The minimum absolute atomic E-state index is 0.0126. The maximum atomic E-state index is 12.5. The lowest BCUT2D eigenvalue weighted by molar-refractivity contribution is -0.126. The van der Waals surface area contributed by atoms with Crippen LogP contribution in [0.15, 0.2) is 24.3 Å². The van der Waals surface area contributed by atoms with Crippen LogP contribution in [0.5, 0.6) is 0 Å². The van der Waals surface area contributed by atoms with E-state index in [-0.39, 0.29) is 17.7 Å². The van der Waals surface area contributed by atoms with E-state index in [1.54, 1.807) is 4.90 Å². The molecule has 1 unspecified atom stereocenters.